The summed E-state index contributed by atoms with van der Waals surface area (Å²) in [5, 5.41) is 16.5. The van der Waals surface area contributed by atoms with E-state index in [1.54, 1.807) is 7.05 Å². The number of hydrogen-bond acceptors (Lipinski definition) is 6. The van der Waals surface area contributed by atoms with Gasteiger partial charge in [-0.1, -0.05) is 6.42 Å². The number of nitrogens with zero attached hydrogens (tertiary/aromatic N) is 2. The second-order valence-electron chi connectivity index (χ2n) is 5.73. The van der Waals surface area contributed by atoms with Crippen molar-refractivity contribution in [2.75, 3.05) is 34.2 Å². The van der Waals surface area contributed by atoms with Gasteiger partial charge in [-0.05, 0) is 52.7 Å². The lowest BCUT2D eigenvalue weighted by molar-refractivity contribution is -0.484. The molecule has 0 spiro atoms. The van der Waals surface area contributed by atoms with E-state index in [0.717, 1.165) is 50.3 Å². The first-order chi connectivity index (χ1) is 10.5. The van der Waals surface area contributed by atoms with E-state index in [1.807, 2.05) is 26.2 Å². The van der Waals surface area contributed by atoms with Crippen molar-refractivity contribution in [3.63, 3.8) is 0 Å². The van der Waals surface area contributed by atoms with Crippen LogP contribution in [0.15, 0.2) is 16.5 Å². The van der Waals surface area contributed by atoms with Gasteiger partial charge in [0.15, 0.2) is 0 Å². The molecule has 0 fully saturated rings. The van der Waals surface area contributed by atoms with E-state index in [9.17, 15) is 10.1 Å². The van der Waals surface area contributed by atoms with Gasteiger partial charge in [0, 0.05) is 11.3 Å². The third-order valence-electron chi connectivity index (χ3n) is 3.36. The summed E-state index contributed by atoms with van der Waals surface area (Å²) < 4.78 is 5.76. The molecule has 1 atom stereocenters. The smallest absolute Gasteiger partial charge is 0.231 e. The number of aryl methyl sites for hydroxylation is 1. The van der Waals surface area contributed by atoms with E-state index in [4.69, 9.17) is 4.42 Å². The molecule has 0 saturated carbocycles. The summed E-state index contributed by atoms with van der Waals surface area (Å²) in [6.07, 6.45) is 3.83. The maximum Gasteiger partial charge on any atom is 0.231 e. The Morgan fingerprint density at radius 1 is 1.27 bits per heavy atom. The van der Waals surface area contributed by atoms with Gasteiger partial charge in [0.25, 0.3) is 0 Å². The van der Waals surface area contributed by atoms with Gasteiger partial charge in [-0.25, -0.2) is 0 Å². The highest BCUT2D eigenvalue weighted by atomic mass is 16.6. The molecule has 0 bridgehead atoms. The van der Waals surface area contributed by atoms with Gasteiger partial charge < -0.3 is 9.32 Å². The van der Waals surface area contributed by atoms with Crippen LogP contribution in [0.3, 0.4) is 0 Å². The van der Waals surface area contributed by atoms with Gasteiger partial charge in [0.1, 0.15) is 17.7 Å². The van der Waals surface area contributed by atoms with Crippen LogP contribution in [0.25, 0.3) is 0 Å². The van der Waals surface area contributed by atoms with Gasteiger partial charge in [-0.2, -0.15) is 0 Å². The van der Waals surface area contributed by atoms with E-state index in [0.29, 0.717) is 0 Å². The molecule has 0 saturated heterocycles. The Balaban J connectivity index is 2.10. The molecule has 1 aromatic rings. The fourth-order valence-electron chi connectivity index (χ4n) is 2.24. The van der Waals surface area contributed by atoms with Crippen molar-refractivity contribution in [1.29, 1.82) is 0 Å². The topological polar surface area (TPSA) is 83.6 Å². The summed E-state index contributed by atoms with van der Waals surface area (Å²) >= 11 is 0. The van der Waals surface area contributed by atoms with Crippen LogP contribution in [0, 0.1) is 10.1 Å². The van der Waals surface area contributed by atoms with Gasteiger partial charge >= 0.3 is 0 Å². The van der Waals surface area contributed by atoms with Crippen LogP contribution in [0.5, 0.6) is 0 Å². The number of unbranched alkanes of at least 4 members (excludes halogenated alkanes) is 2. The zero-order valence-corrected chi connectivity index (χ0v) is 13.8. The maximum absolute atomic E-state index is 10.4. The van der Waals surface area contributed by atoms with E-state index >= 15 is 0 Å². The zero-order chi connectivity index (χ0) is 16.4. The van der Waals surface area contributed by atoms with Crippen LogP contribution in [0.2, 0.25) is 0 Å². The molecular formula is C15H28N4O3. The normalized spacial score (nSPS) is 12.7. The van der Waals surface area contributed by atoms with Gasteiger partial charge in [0.05, 0.1) is 6.54 Å². The van der Waals surface area contributed by atoms with Crippen molar-refractivity contribution in [1.82, 2.24) is 15.5 Å². The summed E-state index contributed by atoms with van der Waals surface area (Å²) in [4.78, 5) is 12.2. The Morgan fingerprint density at radius 3 is 2.64 bits per heavy atom. The summed E-state index contributed by atoms with van der Waals surface area (Å²) in [6.45, 7) is 1.51. The van der Waals surface area contributed by atoms with Crippen LogP contribution >= 0.6 is 0 Å². The molecule has 0 amide bonds. The van der Waals surface area contributed by atoms with Crippen LogP contribution in [0.1, 0.15) is 30.8 Å². The molecule has 0 aliphatic rings. The van der Waals surface area contributed by atoms with Crippen molar-refractivity contribution in [2.45, 2.75) is 38.4 Å². The lowest BCUT2D eigenvalue weighted by atomic mass is 10.1. The number of nitrogens with one attached hydrogen (secondary N) is 2. The summed E-state index contributed by atoms with van der Waals surface area (Å²) in [5.41, 5.74) is 0. The molecule has 0 aromatic carbocycles. The molecule has 0 aliphatic carbocycles. The molecule has 7 heteroatoms. The maximum atomic E-state index is 10.4. The highest BCUT2D eigenvalue weighted by Gasteiger charge is 2.11. The molecule has 1 rings (SSSR count). The molecule has 2 N–H and O–H groups in total. The van der Waals surface area contributed by atoms with Gasteiger partial charge in [-0.15, -0.1) is 0 Å². The van der Waals surface area contributed by atoms with E-state index in [-0.39, 0.29) is 17.6 Å². The fourth-order valence-corrected chi connectivity index (χ4v) is 2.24. The minimum atomic E-state index is -0.309. The first kappa shape index (κ1) is 18.6. The average Bonchev–Trinajstić information content (AvgIpc) is 2.87. The molecular weight excluding hydrogens is 284 g/mol. The molecule has 0 aliphatic heterocycles. The predicted molar refractivity (Wildman–Crippen MR) is 86.4 cm³/mol. The second-order valence-corrected chi connectivity index (χ2v) is 5.73. The molecule has 22 heavy (non-hydrogen) atoms. The highest BCUT2D eigenvalue weighted by Crippen LogP contribution is 2.12. The van der Waals surface area contributed by atoms with Crippen LogP contribution < -0.4 is 10.6 Å². The van der Waals surface area contributed by atoms with Crippen molar-refractivity contribution in [3.05, 3.63) is 33.8 Å². The lowest BCUT2D eigenvalue weighted by Gasteiger charge is -2.13. The number of likely N-dealkylation sites (N-methyl/N-ethyl adjacent to an activating group) is 1. The number of rotatable bonds is 12. The van der Waals surface area contributed by atoms with Gasteiger partial charge in [0.2, 0.25) is 6.54 Å². The minimum Gasteiger partial charge on any atom is -0.465 e. The van der Waals surface area contributed by atoms with Crippen LogP contribution in [-0.4, -0.2) is 50.2 Å². The van der Waals surface area contributed by atoms with Crippen molar-refractivity contribution in [3.8, 4) is 0 Å². The Hall–Kier alpha value is -1.44. The first-order valence-electron chi connectivity index (χ1n) is 7.76. The summed E-state index contributed by atoms with van der Waals surface area (Å²) in [5.74, 6) is 2.03. The van der Waals surface area contributed by atoms with Crippen molar-refractivity contribution in [2.24, 2.45) is 0 Å². The summed E-state index contributed by atoms with van der Waals surface area (Å²) in [7, 11) is 5.77. The Kier molecular flexibility index (Phi) is 8.72. The molecule has 1 aromatic heterocycles. The van der Waals surface area contributed by atoms with Crippen LogP contribution in [-0.2, 0) is 13.0 Å². The average molecular weight is 312 g/mol. The zero-order valence-electron chi connectivity index (χ0n) is 13.8. The summed E-state index contributed by atoms with van der Waals surface area (Å²) in [6, 6.07) is 4.08. The standard InChI is InChI=1S/C15H28N4O3/c1-16-15(12-19(20)21)17-10-6-4-5-7-13-8-9-14(22-13)11-18(2)3/h8-9,15-17H,4-7,10-12H2,1-3H3. The SMILES string of the molecule is CNC(C[N+](=O)[O-])NCCCCCc1ccc(CN(C)C)o1. The molecule has 0 radical (unpaired) electrons. The molecule has 7 nitrogen and oxygen atoms in total. The number of furan rings is 1. The van der Waals surface area contributed by atoms with Crippen molar-refractivity contribution < 1.29 is 9.34 Å². The molecule has 1 heterocycles. The van der Waals surface area contributed by atoms with E-state index < -0.39 is 0 Å². The molecule has 1 unspecified atom stereocenters. The lowest BCUT2D eigenvalue weighted by Crippen LogP contribution is -2.45. The Bertz CT molecular complexity index is 434. The second kappa shape index (κ2) is 10.3. The Morgan fingerprint density at radius 2 is 2.00 bits per heavy atom. The monoisotopic (exact) mass is 312 g/mol. The number of hydrogen-bond donors (Lipinski definition) is 2. The molecule has 126 valence electrons. The Labute approximate surface area is 132 Å². The van der Waals surface area contributed by atoms with Crippen molar-refractivity contribution >= 4 is 0 Å². The third-order valence-corrected chi connectivity index (χ3v) is 3.36. The largest absolute Gasteiger partial charge is 0.465 e. The van der Waals surface area contributed by atoms with E-state index in [2.05, 4.69) is 15.5 Å². The predicted octanol–water partition coefficient (Wildman–Crippen LogP) is 1.47. The minimum absolute atomic E-state index is 0.0997. The highest BCUT2D eigenvalue weighted by molar-refractivity contribution is 5.07. The number of nitro groups is 1. The first-order valence-corrected chi connectivity index (χ1v) is 7.76. The van der Waals surface area contributed by atoms with Gasteiger partial charge in [-0.3, -0.25) is 20.7 Å². The third kappa shape index (κ3) is 8.11. The van der Waals surface area contributed by atoms with Crippen LogP contribution in [0.4, 0.5) is 0 Å². The van der Waals surface area contributed by atoms with E-state index in [1.165, 1.54) is 0 Å². The fraction of sp³-hybridized carbons (Fsp3) is 0.733. The quantitative estimate of drug-likeness (QED) is 0.263.